The number of hydrogen-bond acceptors (Lipinski definition) is 2. The average Bonchev–Trinajstić information content (AvgIpc) is 2.28. The van der Waals surface area contributed by atoms with Gasteiger partial charge in [-0.2, -0.15) is 4.39 Å². The molecule has 0 radical (unpaired) electrons. The van der Waals surface area contributed by atoms with Crippen LogP contribution in [0, 0.1) is 15.2 Å². The molecule has 0 saturated heterocycles. The maximum absolute atomic E-state index is 13.6. The standard InChI is InChI=1S/C10H5BrF2INO/c1-16-10-6-4(2-15-3-5(6)14)7(11)8(12)9(10)13/h2-3H,1H3. The highest BCUT2D eigenvalue weighted by atomic mass is 127. The third-order valence-electron chi connectivity index (χ3n) is 2.15. The normalized spacial score (nSPS) is 10.8. The summed E-state index contributed by atoms with van der Waals surface area (Å²) in [5.41, 5.74) is 0. The zero-order chi connectivity index (χ0) is 11.9. The molecule has 0 atom stereocenters. The number of hydrogen-bond donors (Lipinski definition) is 0. The molecular formula is C10H5BrF2INO. The van der Waals surface area contributed by atoms with E-state index in [4.69, 9.17) is 4.74 Å². The summed E-state index contributed by atoms with van der Waals surface area (Å²) in [6.45, 7) is 0. The Morgan fingerprint density at radius 1 is 1.31 bits per heavy atom. The quantitative estimate of drug-likeness (QED) is 0.536. The Kier molecular flexibility index (Phi) is 3.29. The van der Waals surface area contributed by atoms with Gasteiger partial charge in [0.05, 0.1) is 11.6 Å². The molecule has 0 fully saturated rings. The molecule has 0 amide bonds. The van der Waals surface area contributed by atoms with E-state index in [-0.39, 0.29) is 10.2 Å². The van der Waals surface area contributed by atoms with Gasteiger partial charge in [-0.1, -0.05) is 0 Å². The minimum absolute atomic E-state index is 0.0619. The summed E-state index contributed by atoms with van der Waals surface area (Å²) in [5.74, 6) is -2.05. The molecule has 2 aromatic rings. The Bertz CT molecular complexity index is 576. The lowest BCUT2D eigenvalue weighted by Gasteiger charge is -2.10. The van der Waals surface area contributed by atoms with Crippen LogP contribution in [0.3, 0.4) is 0 Å². The van der Waals surface area contributed by atoms with Crippen molar-refractivity contribution < 1.29 is 13.5 Å². The monoisotopic (exact) mass is 399 g/mol. The Hall–Kier alpha value is -0.500. The molecule has 0 spiro atoms. The highest BCUT2D eigenvalue weighted by Gasteiger charge is 2.20. The van der Waals surface area contributed by atoms with Gasteiger partial charge in [0, 0.05) is 26.7 Å². The van der Waals surface area contributed by atoms with Crippen LogP contribution in [0.4, 0.5) is 8.78 Å². The van der Waals surface area contributed by atoms with Crippen molar-refractivity contribution in [2.24, 2.45) is 0 Å². The van der Waals surface area contributed by atoms with Crippen molar-refractivity contribution in [2.75, 3.05) is 7.11 Å². The smallest absolute Gasteiger partial charge is 0.202 e. The molecule has 1 aromatic carbocycles. The highest BCUT2D eigenvalue weighted by molar-refractivity contribution is 14.1. The first-order chi connectivity index (χ1) is 7.57. The summed E-state index contributed by atoms with van der Waals surface area (Å²) in [6.07, 6.45) is 3.03. The van der Waals surface area contributed by atoms with Crippen molar-refractivity contribution in [3.63, 3.8) is 0 Å². The van der Waals surface area contributed by atoms with Crippen molar-refractivity contribution >= 4 is 49.3 Å². The molecule has 2 rings (SSSR count). The third kappa shape index (κ3) is 1.67. The van der Waals surface area contributed by atoms with Crippen molar-refractivity contribution in [1.82, 2.24) is 4.98 Å². The van der Waals surface area contributed by atoms with Crippen LogP contribution < -0.4 is 4.74 Å². The molecule has 16 heavy (non-hydrogen) atoms. The fourth-order valence-corrected chi connectivity index (χ4v) is 2.62. The zero-order valence-electron chi connectivity index (χ0n) is 8.02. The predicted molar refractivity (Wildman–Crippen MR) is 68.6 cm³/mol. The number of pyridine rings is 1. The first kappa shape index (κ1) is 12.0. The average molecular weight is 400 g/mol. The van der Waals surface area contributed by atoms with Gasteiger partial charge in [-0.3, -0.25) is 4.98 Å². The van der Waals surface area contributed by atoms with E-state index >= 15 is 0 Å². The summed E-state index contributed by atoms with van der Waals surface area (Å²) in [6, 6.07) is 0. The minimum atomic E-state index is -0.994. The van der Waals surface area contributed by atoms with E-state index in [1.54, 1.807) is 6.20 Å². The summed E-state index contributed by atoms with van der Waals surface area (Å²) in [7, 11) is 1.31. The van der Waals surface area contributed by atoms with Gasteiger partial charge in [0.15, 0.2) is 11.6 Å². The number of rotatable bonds is 1. The Morgan fingerprint density at radius 2 is 2.00 bits per heavy atom. The van der Waals surface area contributed by atoms with Crippen molar-refractivity contribution in [1.29, 1.82) is 0 Å². The number of halogens is 4. The molecule has 0 aliphatic carbocycles. The molecule has 0 aliphatic heterocycles. The van der Waals surface area contributed by atoms with Gasteiger partial charge in [-0.25, -0.2) is 4.39 Å². The van der Waals surface area contributed by atoms with E-state index in [2.05, 4.69) is 20.9 Å². The predicted octanol–water partition coefficient (Wildman–Crippen LogP) is 3.89. The van der Waals surface area contributed by atoms with Gasteiger partial charge in [0.25, 0.3) is 0 Å². The fourth-order valence-electron chi connectivity index (χ4n) is 1.45. The van der Waals surface area contributed by atoms with E-state index in [9.17, 15) is 8.78 Å². The van der Waals surface area contributed by atoms with E-state index in [0.29, 0.717) is 14.3 Å². The SMILES string of the molecule is COc1c(F)c(F)c(Br)c2cncc(I)c12. The molecule has 0 aliphatic rings. The lowest BCUT2D eigenvalue weighted by molar-refractivity contribution is 0.376. The van der Waals surface area contributed by atoms with Crippen LogP contribution in [0.2, 0.25) is 0 Å². The minimum Gasteiger partial charge on any atom is -0.493 e. The second-order valence-corrected chi connectivity index (χ2v) is 4.97. The molecule has 84 valence electrons. The van der Waals surface area contributed by atoms with Crippen molar-refractivity contribution in [2.45, 2.75) is 0 Å². The van der Waals surface area contributed by atoms with Crippen LogP contribution in [0.25, 0.3) is 10.8 Å². The fraction of sp³-hybridized carbons (Fsp3) is 0.100. The van der Waals surface area contributed by atoms with E-state index in [1.807, 2.05) is 22.6 Å². The van der Waals surface area contributed by atoms with Crippen LogP contribution in [0.1, 0.15) is 0 Å². The largest absolute Gasteiger partial charge is 0.493 e. The van der Waals surface area contributed by atoms with Crippen LogP contribution >= 0.6 is 38.5 Å². The summed E-state index contributed by atoms with van der Waals surface area (Å²) in [4.78, 5) is 3.94. The summed E-state index contributed by atoms with van der Waals surface area (Å²) >= 11 is 5.01. The first-order valence-electron chi connectivity index (χ1n) is 4.21. The summed E-state index contributed by atoms with van der Waals surface area (Å²) in [5, 5.41) is 1.01. The number of benzene rings is 1. The molecule has 0 saturated carbocycles. The van der Waals surface area contributed by atoms with Gasteiger partial charge >= 0.3 is 0 Å². The van der Waals surface area contributed by atoms with Gasteiger partial charge < -0.3 is 4.74 Å². The Balaban J connectivity index is 3.05. The second-order valence-electron chi connectivity index (χ2n) is 3.02. The molecule has 2 nitrogen and oxygen atoms in total. The first-order valence-corrected chi connectivity index (χ1v) is 6.08. The van der Waals surface area contributed by atoms with Crippen molar-refractivity contribution in [3.05, 3.63) is 32.1 Å². The third-order valence-corrected chi connectivity index (χ3v) is 3.75. The van der Waals surface area contributed by atoms with Gasteiger partial charge in [-0.15, -0.1) is 0 Å². The molecule has 0 unspecified atom stereocenters. The van der Waals surface area contributed by atoms with E-state index in [0.717, 1.165) is 0 Å². The number of methoxy groups -OCH3 is 1. The van der Waals surface area contributed by atoms with Crippen LogP contribution in [0.5, 0.6) is 5.75 Å². The lowest BCUT2D eigenvalue weighted by Crippen LogP contribution is -1.97. The number of nitrogens with zero attached hydrogens (tertiary/aromatic N) is 1. The molecule has 1 aromatic heterocycles. The van der Waals surface area contributed by atoms with Crippen LogP contribution in [-0.2, 0) is 0 Å². The molecular weight excluding hydrogens is 395 g/mol. The number of ether oxygens (including phenoxy) is 1. The van der Waals surface area contributed by atoms with Gasteiger partial charge in [0.2, 0.25) is 5.82 Å². The molecule has 0 bridgehead atoms. The maximum Gasteiger partial charge on any atom is 0.202 e. The Labute approximate surface area is 112 Å². The maximum atomic E-state index is 13.6. The molecule has 6 heteroatoms. The highest BCUT2D eigenvalue weighted by Crippen LogP contribution is 2.38. The molecule has 0 N–H and O–H groups in total. The van der Waals surface area contributed by atoms with Gasteiger partial charge in [-0.05, 0) is 38.5 Å². The van der Waals surface area contributed by atoms with E-state index < -0.39 is 11.6 Å². The van der Waals surface area contributed by atoms with E-state index in [1.165, 1.54) is 13.3 Å². The number of fused-ring (bicyclic) bond motifs is 1. The Morgan fingerprint density at radius 3 is 2.62 bits per heavy atom. The number of aromatic nitrogens is 1. The second kappa shape index (κ2) is 4.40. The zero-order valence-corrected chi connectivity index (χ0v) is 11.8. The van der Waals surface area contributed by atoms with Crippen molar-refractivity contribution in [3.8, 4) is 5.75 Å². The van der Waals surface area contributed by atoms with Crippen LogP contribution in [-0.4, -0.2) is 12.1 Å². The lowest BCUT2D eigenvalue weighted by atomic mass is 10.1. The van der Waals surface area contributed by atoms with Gasteiger partial charge in [0.1, 0.15) is 0 Å². The van der Waals surface area contributed by atoms with Crippen LogP contribution in [0.15, 0.2) is 16.9 Å². The topological polar surface area (TPSA) is 22.1 Å². The molecule has 1 heterocycles. The summed E-state index contributed by atoms with van der Waals surface area (Å²) < 4.78 is 32.8.